The van der Waals surface area contributed by atoms with Crippen LogP contribution in [0.5, 0.6) is 5.88 Å². The Morgan fingerprint density at radius 3 is 2.82 bits per heavy atom. The molecule has 1 aromatic carbocycles. The van der Waals surface area contributed by atoms with Crippen LogP contribution in [0.2, 0.25) is 0 Å². The number of carboxylic acid groups (broad SMARTS) is 2. The van der Waals surface area contributed by atoms with Gasteiger partial charge in [0.05, 0.1) is 11.1 Å². The van der Waals surface area contributed by atoms with Crippen molar-refractivity contribution in [2.24, 2.45) is 0 Å². The number of hydrogen-bond donors (Lipinski definition) is 2. The molecule has 2 bridgehead atoms. The Morgan fingerprint density at radius 1 is 1.29 bits per heavy atom. The molecule has 1 aromatic heterocycles. The highest BCUT2D eigenvalue weighted by Crippen LogP contribution is 2.48. The summed E-state index contributed by atoms with van der Waals surface area (Å²) >= 11 is 0. The van der Waals surface area contributed by atoms with Crippen LogP contribution in [0.15, 0.2) is 48.2 Å². The van der Waals surface area contributed by atoms with Crippen LogP contribution >= 0.6 is 0 Å². The molecule has 2 N–H and O–H groups in total. The highest BCUT2D eigenvalue weighted by molar-refractivity contribution is 5.96. The first kappa shape index (κ1) is 18.4. The van der Waals surface area contributed by atoms with Crippen LogP contribution in [0.1, 0.15) is 25.7 Å². The van der Waals surface area contributed by atoms with Crippen LogP contribution in [0.25, 0.3) is 10.8 Å². The SMILES string of the molecule is CN1C2CCC1(/C(=C\C(=O)O)C(=O)O)CC(Oc1nccc3ccccc13)C2. The maximum absolute atomic E-state index is 11.9. The Kier molecular flexibility index (Phi) is 4.55. The fourth-order valence-electron chi connectivity index (χ4n) is 4.80. The fourth-order valence-corrected chi connectivity index (χ4v) is 4.80. The maximum atomic E-state index is 11.9. The molecule has 7 nitrogen and oxygen atoms in total. The van der Waals surface area contributed by atoms with Gasteiger partial charge in [-0.05, 0) is 43.8 Å². The van der Waals surface area contributed by atoms with Gasteiger partial charge in [0.1, 0.15) is 6.10 Å². The molecule has 4 rings (SSSR count). The third-order valence-electron chi connectivity index (χ3n) is 6.13. The average Bonchev–Trinajstić information content (AvgIpc) is 2.85. The molecule has 2 fully saturated rings. The minimum Gasteiger partial charge on any atom is -0.478 e. The first-order chi connectivity index (χ1) is 13.4. The number of nitrogens with zero attached hydrogens (tertiary/aromatic N) is 2. The first-order valence-electron chi connectivity index (χ1n) is 9.32. The van der Waals surface area contributed by atoms with Crippen molar-refractivity contribution in [2.75, 3.05) is 7.05 Å². The number of ether oxygens (including phenoxy) is 1. The largest absolute Gasteiger partial charge is 0.478 e. The van der Waals surface area contributed by atoms with Crippen LogP contribution < -0.4 is 4.74 Å². The molecule has 2 saturated heterocycles. The topological polar surface area (TPSA) is 100.0 Å². The summed E-state index contributed by atoms with van der Waals surface area (Å²) in [5, 5.41) is 20.8. The molecule has 28 heavy (non-hydrogen) atoms. The van der Waals surface area contributed by atoms with E-state index in [2.05, 4.69) is 4.98 Å². The first-order valence-corrected chi connectivity index (χ1v) is 9.32. The van der Waals surface area contributed by atoms with E-state index in [0.29, 0.717) is 18.7 Å². The number of likely N-dealkylation sites (N-methyl/N-ethyl adjacent to an activating group) is 1. The van der Waals surface area contributed by atoms with Gasteiger partial charge in [0, 0.05) is 30.1 Å². The summed E-state index contributed by atoms with van der Waals surface area (Å²) in [7, 11) is 1.88. The molecule has 0 saturated carbocycles. The van der Waals surface area contributed by atoms with E-state index in [0.717, 1.165) is 29.7 Å². The second-order valence-corrected chi connectivity index (χ2v) is 7.55. The van der Waals surface area contributed by atoms with Gasteiger partial charge in [-0.25, -0.2) is 14.6 Å². The van der Waals surface area contributed by atoms with Gasteiger partial charge in [-0.15, -0.1) is 0 Å². The fraction of sp³-hybridized carbons (Fsp3) is 0.381. The highest BCUT2D eigenvalue weighted by atomic mass is 16.5. The molecule has 0 aliphatic carbocycles. The van der Waals surface area contributed by atoms with Gasteiger partial charge >= 0.3 is 11.9 Å². The molecule has 0 spiro atoms. The van der Waals surface area contributed by atoms with Gasteiger partial charge in [-0.1, -0.05) is 18.2 Å². The van der Waals surface area contributed by atoms with Crippen molar-refractivity contribution in [3.05, 3.63) is 48.2 Å². The number of hydrogen-bond acceptors (Lipinski definition) is 5. The zero-order valence-electron chi connectivity index (χ0n) is 15.5. The third-order valence-corrected chi connectivity index (χ3v) is 6.13. The van der Waals surface area contributed by atoms with Crippen LogP contribution in [-0.4, -0.2) is 56.8 Å². The van der Waals surface area contributed by atoms with E-state index >= 15 is 0 Å². The minimum atomic E-state index is -1.25. The van der Waals surface area contributed by atoms with E-state index in [1.807, 2.05) is 42.3 Å². The predicted octanol–water partition coefficient (Wildman–Crippen LogP) is 2.70. The molecule has 0 amide bonds. The summed E-state index contributed by atoms with van der Waals surface area (Å²) in [6.07, 6.45) is 4.87. The molecule has 3 atom stereocenters. The molecule has 3 heterocycles. The number of benzene rings is 1. The highest BCUT2D eigenvalue weighted by Gasteiger charge is 2.54. The third kappa shape index (κ3) is 3.01. The lowest BCUT2D eigenvalue weighted by molar-refractivity contribution is -0.137. The van der Waals surface area contributed by atoms with E-state index < -0.39 is 17.5 Å². The molecule has 146 valence electrons. The zero-order valence-corrected chi connectivity index (χ0v) is 15.5. The molecule has 7 heteroatoms. The van der Waals surface area contributed by atoms with Gasteiger partial charge in [0.15, 0.2) is 0 Å². The Labute approximate surface area is 162 Å². The standard InChI is InChI=1S/C21H22N2O5/c1-23-14-6-8-21(23,17(20(26)27)11-18(24)25)12-15(10-14)28-19-16-5-3-2-4-13(16)7-9-22-19/h2-5,7,9,11,14-15H,6,8,10,12H2,1H3,(H,24,25)(H,26,27)/b17-11-. The van der Waals surface area contributed by atoms with Crippen LogP contribution in [0.3, 0.4) is 0 Å². The zero-order chi connectivity index (χ0) is 19.9. The summed E-state index contributed by atoms with van der Waals surface area (Å²) in [4.78, 5) is 29.5. The van der Waals surface area contributed by atoms with Gasteiger partial charge in [0.2, 0.25) is 5.88 Å². The average molecular weight is 382 g/mol. The lowest BCUT2D eigenvalue weighted by atomic mass is 9.80. The second kappa shape index (κ2) is 6.91. The van der Waals surface area contributed by atoms with Crippen molar-refractivity contribution in [1.82, 2.24) is 9.88 Å². The van der Waals surface area contributed by atoms with E-state index in [9.17, 15) is 19.8 Å². The quantitative estimate of drug-likeness (QED) is 0.767. The lowest BCUT2D eigenvalue weighted by Crippen LogP contribution is -2.55. The Morgan fingerprint density at radius 2 is 2.07 bits per heavy atom. The maximum Gasteiger partial charge on any atom is 0.333 e. The van der Waals surface area contributed by atoms with Crippen molar-refractivity contribution in [3.8, 4) is 5.88 Å². The van der Waals surface area contributed by atoms with Gasteiger partial charge in [-0.2, -0.15) is 0 Å². The molecule has 0 radical (unpaired) electrons. The van der Waals surface area contributed by atoms with Gasteiger partial charge < -0.3 is 14.9 Å². The van der Waals surface area contributed by atoms with E-state index in [1.54, 1.807) is 6.20 Å². The summed E-state index contributed by atoms with van der Waals surface area (Å²) in [6, 6.07) is 9.87. The van der Waals surface area contributed by atoms with Crippen molar-refractivity contribution in [3.63, 3.8) is 0 Å². The van der Waals surface area contributed by atoms with Gasteiger partial charge in [0.25, 0.3) is 0 Å². The monoisotopic (exact) mass is 382 g/mol. The summed E-state index contributed by atoms with van der Waals surface area (Å²) < 4.78 is 6.25. The minimum absolute atomic E-state index is 0.0795. The molecule has 3 unspecified atom stereocenters. The Bertz CT molecular complexity index is 967. The lowest BCUT2D eigenvalue weighted by Gasteiger charge is -2.45. The van der Waals surface area contributed by atoms with Crippen LogP contribution in [-0.2, 0) is 9.59 Å². The van der Waals surface area contributed by atoms with Crippen molar-refractivity contribution < 1.29 is 24.5 Å². The predicted molar refractivity (Wildman–Crippen MR) is 102 cm³/mol. The smallest absolute Gasteiger partial charge is 0.333 e. The number of carbonyl (C=O) groups is 2. The molecular formula is C21H22N2O5. The number of fused-ring (bicyclic) bond motifs is 3. The number of carboxylic acids is 2. The molecular weight excluding hydrogens is 360 g/mol. The van der Waals surface area contributed by atoms with E-state index in [-0.39, 0.29) is 17.7 Å². The van der Waals surface area contributed by atoms with E-state index in [4.69, 9.17) is 4.74 Å². The van der Waals surface area contributed by atoms with Crippen LogP contribution in [0.4, 0.5) is 0 Å². The summed E-state index contributed by atoms with van der Waals surface area (Å²) in [5.74, 6) is -1.91. The number of aliphatic carboxylic acids is 2. The number of pyridine rings is 1. The summed E-state index contributed by atoms with van der Waals surface area (Å²) in [5.41, 5.74) is -0.924. The van der Waals surface area contributed by atoms with Crippen molar-refractivity contribution in [2.45, 2.75) is 43.4 Å². The van der Waals surface area contributed by atoms with Crippen LogP contribution in [0, 0.1) is 0 Å². The normalized spacial score (nSPS) is 27.7. The number of rotatable bonds is 5. The van der Waals surface area contributed by atoms with E-state index in [1.165, 1.54) is 0 Å². The molecule has 2 aliphatic rings. The second-order valence-electron chi connectivity index (χ2n) is 7.55. The van der Waals surface area contributed by atoms with Gasteiger partial charge in [-0.3, -0.25) is 4.90 Å². The van der Waals surface area contributed by atoms with Crippen molar-refractivity contribution in [1.29, 1.82) is 0 Å². The summed E-state index contributed by atoms with van der Waals surface area (Å²) in [6.45, 7) is 0. The number of piperidine rings is 1. The number of aromatic nitrogens is 1. The molecule has 2 aliphatic heterocycles. The van der Waals surface area contributed by atoms with Crippen molar-refractivity contribution >= 4 is 22.7 Å². The molecule has 2 aromatic rings. The Hall–Kier alpha value is -2.93. The Balaban J connectivity index is 1.68.